The Morgan fingerprint density at radius 2 is 2.05 bits per heavy atom. The first-order valence-corrected chi connectivity index (χ1v) is 7.94. The van der Waals surface area contributed by atoms with E-state index in [1.165, 1.54) is 11.8 Å². The number of nitrogens with zero attached hydrogens (tertiary/aromatic N) is 1. The second-order valence-corrected chi connectivity index (χ2v) is 5.39. The summed E-state index contributed by atoms with van der Waals surface area (Å²) in [5, 5.41) is 13.7. The van der Waals surface area contributed by atoms with Gasteiger partial charge in [-0.05, 0) is 30.4 Å². The zero-order chi connectivity index (χ0) is 15.1. The summed E-state index contributed by atoms with van der Waals surface area (Å²) in [7, 11) is 0. The van der Waals surface area contributed by atoms with Crippen molar-refractivity contribution in [2.75, 3.05) is 12.8 Å². The molecule has 0 radical (unpaired) electrons. The molecule has 1 aromatic carbocycles. The van der Waals surface area contributed by atoms with Crippen molar-refractivity contribution in [3.8, 4) is 0 Å². The van der Waals surface area contributed by atoms with Gasteiger partial charge in [0.05, 0.1) is 16.7 Å². The Hall–Kier alpha value is -1.85. The van der Waals surface area contributed by atoms with E-state index in [4.69, 9.17) is 0 Å². The van der Waals surface area contributed by atoms with E-state index in [-0.39, 0.29) is 5.91 Å². The minimum Gasteiger partial charge on any atom is -0.388 e. The predicted molar refractivity (Wildman–Crippen MR) is 84.4 cm³/mol. The SMILES string of the molecule is CSc1ccc(C(=O)NCCC(O)c2ccccc2)cn1. The first kappa shape index (κ1) is 15.5. The van der Waals surface area contributed by atoms with E-state index < -0.39 is 6.10 Å². The fourth-order valence-electron chi connectivity index (χ4n) is 1.90. The third-order valence-electron chi connectivity index (χ3n) is 3.10. The predicted octanol–water partition coefficient (Wildman–Crippen LogP) is 2.66. The van der Waals surface area contributed by atoms with Gasteiger partial charge in [0.2, 0.25) is 0 Å². The van der Waals surface area contributed by atoms with Crippen LogP contribution in [0.3, 0.4) is 0 Å². The molecule has 1 atom stereocenters. The zero-order valence-electron chi connectivity index (χ0n) is 11.8. The lowest BCUT2D eigenvalue weighted by Crippen LogP contribution is -2.25. The van der Waals surface area contributed by atoms with Crippen molar-refractivity contribution in [2.45, 2.75) is 17.6 Å². The van der Waals surface area contributed by atoms with Crippen LogP contribution in [0.15, 0.2) is 53.7 Å². The lowest BCUT2D eigenvalue weighted by atomic mass is 10.1. The van der Waals surface area contributed by atoms with Crippen LogP contribution in [0.25, 0.3) is 0 Å². The summed E-state index contributed by atoms with van der Waals surface area (Å²) in [6, 6.07) is 13.0. The number of amides is 1. The number of rotatable bonds is 6. The van der Waals surface area contributed by atoms with E-state index in [1.807, 2.05) is 42.7 Å². The zero-order valence-corrected chi connectivity index (χ0v) is 12.6. The number of nitrogens with one attached hydrogen (secondary N) is 1. The van der Waals surface area contributed by atoms with Crippen molar-refractivity contribution in [1.82, 2.24) is 10.3 Å². The highest BCUT2D eigenvalue weighted by Crippen LogP contribution is 2.15. The minimum absolute atomic E-state index is 0.171. The molecule has 4 nitrogen and oxygen atoms in total. The molecule has 0 bridgehead atoms. The third-order valence-corrected chi connectivity index (χ3v) is 3.76. The average Bonchev–Trinajstić information content (AvgIpc) is 2.55. The van der Waals surface area contributed by atoms with E-state index in [0.29, 0.717) is 18.5 Å². The maximum absolute atomic E-state index is 11.9. The van der Waals surface area contributed by atoms with Gasteiger partial charge in [0.1, 0.15) is 0 Å². The van der Waals surface area contributed by atoms with Crippen LogP contribution >= 0.6 is 11.8 Å². The van der Waals surface area contributed by atoms with Crippen molar-refractivity contribution in [1.29, 1.82) is 0 Å². The average molecular weight is 302 g/mol. The summed E-state index contributed by atoms with van der Waals surface area (Å²) >= 11 is 1.53. The molecule has 2 N–H and O–H groups in total. The maximum Gasteiger partial charge on any atom is 0.252 e. The number of carbonyl (C=O) groups excluding carboxylic acids is 1. The molecule has 0 saturated carbocycles. The monoisotopic (exact) mass is 302 g/mol. The highest BCUT2D eigenvalue weighted by atomic mass is 32.2. The molecule has 110 valence electrons. The first-order valence-electron chi connectivity index (χ1n) is 6.72. The number of hydrogen-bond acceptors (Lipinski definition) is 4. The maximum atomic E-state index is 11.9. The summed E-state index contributed by atoms with van der Waals surface area (Å²) in [6.45, 7) is 0.416. The molecule has 0 fully saturated rings. The molecule has 5 heteroatoms. The number of hydrogen-bond donors (Lipinski definition) is 2. The van der Waals surface area contributed by atoms with E-state index in [2.05, 4.69) is 10.3 Å². The van der Waals surface area contributed by atoms with Crippen molar-refractivity contribution in [3.63, 3.8) is 0 Å². The molecular weight excluding hydrogens is 284 g/mol. The molecule has 2 aromatic rings. The third kappa shape index (κ3) is 4.58. The molecule has 1 unspecified atom stereocenters. The number of carbonyl (C=O) groups is 1. The van der Waals surface area contributed by atoms with Crippen LogP contribution < -0.4 is 5.32 Å². The normalized spacial score (nSPS) is 11.9. The summed E-state index contributed by atoms with van der Waals surface area (Å²) < 4.78 is 0. The van der Waals surface area contributed by atoms with Gasteiger partial charge in [-0.1, -0.05) is 30.3 Å². The van der Waals surface area contributed by atoms with Gasteiger partial charge in [0.15, 0.2) is 0 Å². The topological polar surface area (TPSA) is 62.2 Å². The Bertz CT molecular complexity index is 573. The van der Waals surface area contributed by atoms with Crippen LogP contribution in [0, 0.1) is 0 Å². The molecule has 0 spiro atoms. The highest BCUT2D eigenvalue weighted by Gasteiger charge is 2.09. The first-order chi connectivity index (χ1) is 10.2. The number of aliphatic hydroxyl groups is 1. The number of thioether (sulfide) groups is 1. The van der Waals surface area contributed by atoms with Gasteiger partial charge in [-0.15, -0.1) is 11.8 Å². The Balaban J connectivity index is 1.81. The fraction of sp³-hybridized carbons (Fsp3) is 0.250. The lowest BCUT2D eigenvalue weighted by molar-refractivity contribution is 0.0942. The van der Waals surface area contributed by atoms with Crippen LogP contribution in [0.5, 0.6) is 0 Å². The van der Waals surface area contributed by atoms with E-state index >= 15 is 0 Å². The van der Waals surface area contributed by atoms with Crippen molar-refractivity contribution in [2.24, 2.45) is 0 Å². The molecule has 0 aliphatic heterocycles. The summed E-state index contributed by atoms with van der Waals surface area (Å²) in [5.74, 6) is -0.171. The van der Waals surface area contributed by atoms with Gasteiger partial charge in [-0.3, -0.25) is 4.79 Å². The molecule has 1 heterocycles. The Morgan fingerprint density at radius 3 is 2.67 bits per heavy atom. The van der Waals surface area contributed by atoms with Gasteiger partial charge < -0.3 is 10.4 Å². The Labute approximate surface area is 128 Å². The molecule has 1 aromatic heterocycles. The lowest BCUT2D eigenvalue weighted by Gasteiger charge is -2.11. The minimum atomic E-state index is -0.566. The van der Waals surface area contributed by atoms with Crippen molar-refractivity contribution in [3.05, 3.63) is 59.8 Å². The van der Waals surface area contributed by atoms with Crippen LogP contribution in [0.1, 0.15) is 28.4 Å². The van der Waals surface area contributed by atoms with Crippen molar-refractivity contribution >= 4 is 17.7 Å². The molecule has 0 aliphatic rings. The summed E-state index contributed by atoms with van der Waals surface area (Å²) in [6.07, 6.45) is 3.41. The fourth-order valence-corrected chi connectivity index (χ4v) is 2.26. The Kier molecular flexibility index (Phi) is 5.78. The quantitative estimate of drug-likeness (QED) is 0.805. The Morgan fingerprint density at radius 1 is 1.29 bits per heavy atom. The van der Waals surface area contributed by atoms with Crippen molar-refractivity contribution < 1.29 is 9.90 Å². The molecular formula is C16H18N2O2S. The molecule has 2 rings (SSSR count). The summed E-state index contributed by atoms with van der Waals surface area (Å²) in [5.41, 5.74) is 1.39. The molecule has 1 amide bonds. The van der Waals surface area contributed by atoms with E-state index in [9.17, 15) is 9.90 Å². The van der Waals surface area contributed by atoms with Gasteiger partial charge in [-0.2, -0.15) is 0 Å². The van der Waals surface area contributed by atoms with E-state index in [0.717, 1.165) is 10.6 Å². The number of aliphatic hydroxyl groups excluding tert-OH is 1. The van der Waals surface area contributed by atoms with E-state index in [1.54, 1.807) is 12.3 Å². The largest absolute Gasteiger partial charge is 0.388 e. The van der Waals surface area contributed by atoms with Gasteiger partial charge in [-0.25, -0.2) is 4.98 Å². The van der Waals surface area contributed by atoms with Crippen LogP contribution in [-0.2, 0) is 0 Å². The van der Waals surface area contributed by atoms with Gasteiger partial charge in [0, 0.05) is 12.7 Å². The molecule has 0 aliphatic carbocycles. The molecule has 21 heavy (non-hydrogen) atoms. The number of aromatic nitrogens is 1. The van der Waals surface area contributed by atoms with Gasteiger partial charge in [0.25, 0.3) is 5.91 Å². The van der Waals surface area contributed by atoms with Gasteiger partial charge >= 0.3 is 0 Å². The van der Waals surface area contributed by atoms with Crippen LogP contribution in [-0.4, -0.2) is 28.8 Å². The number of pyridine rings is 1. The number of benzene rings is 1. The second-order valence-electron chi connectivity index (χ2n) is 4.56. The highest BCUT2D eigenvalue weighted by molar-refractivity contribution is 7.98. The van der Waals surface area contributed by atoms with Crippen LogP contribution in [0.4, 0.5) is 0 Å². The summed E-state index contributed by atoms with van der Waals surface area (Å²) in [4.78, 5) is 16.1. The molecule has 0 saturated heterocycles. The standard InChI is InChI=1S/C16H18N2O2S/c1-21-15-8-7-13(11-18-15)16(20)17-10-9-14(19)12-5-3-2-4-6-12/h2-8,11,14,19H,9-10H2,1H3,(H,17,20). The van der Waals surface area contributed by atoms with Crippen LogP contribution in [0.2, 0.25) is 0 Å². The second kappa shape index (κ2) is 7.81. The smallest absolute Gasteiger partial charge is 0.252 e.